The fourth-order valence-corrected chi connectivity index (χ4v) is 4.76. The number of aromatic nitrogens is 5. The Labute approximate surface area is 199 Å². The Morgan fingerprint density at radius 3 is 2.69 bits per heavy atom. The van der Waals surface area contributed by atoms with Crippen LogP contribution in [0.25, 0.3) is 16.9 Å². The number of nitrogens with zero attached hydrogens (tertiary/aromatic N) is 7. The Kier molecular flexibility index (Phi) is 4.77. The highest BCUT2D eigenvalue weighted by molar-refractivity contribution is 6.01. The van der Waals surface area contributed by atoms with E-state index < -0.39 is 30.0 Å². The van der Waals surface area contributed by atoms with E-state index in [1.165, 1.54) is 10.7 Å². The molecule has 2 saturated carbocycles. The average molecular weight is 478 g/mol. The molecule has 12 heteroatoms. The van der Waals surface area contributed by atoms with Crippen LogP contribution in [0.5, 0.6) is 0 Å². The van der Waals surface area contributed by atoms with Gasteiger partial charge in [-0.05, 0) is 25.7 Å². The molecule has 6 rings (SSSR count). The Hall–Kier alpha value is -4.01. The van der Waals surface area contributed by atoms with Gasteiger partial charge in [-0.15, -0.1) is 0 Å². The monoisotopic (exact) mass is 477 g/mol. The third-order valence-corrected chi connectivity index (χ3v) is 7.21. The molecule has 0 unspecified atom stereocenters. The number of rotatable bonds is 7. The Bertz CT molecular complexity index is 1380. The van der Waals surface area contributed by atoms with Gasteiger partial charge in [0.1, 0.15) is 5.41 Å². The van der Waals surface area contributed by atoms with Crippen molar-refractivity contribution >= 4 is 23.1 Å². The highest BCUT2D eigenvalue weighted by Gasteiger charge is 2.54. The van der Waals surface area contributed by atoms with Gasteiger partial charge in [0, 0.05) is 30.8 Å². The smallest absolute Gasteiger partial charge is 0.252 e. The number of anilines is 1. The molecule has 3 aromatic heterocycles. The van der Waals surface area contributed by atoms with Crippen LogP contribution < -0.4 is 11.1 Å². The van der Waals surface area contributed by atoms with Crippen molar-refractivity contribution < 1.29 is 14.0 Å². The number of carbonyl (C=O) groups excluding carboxylic acids is 2. The van der Waals surface area contributed by atoms with E-state index in [1.807, 2.05) is 10.9 Å². The van der Waals surface area contributed by atoms with Gasteiger partial charge in [0.05, 0.1) is 60.4 Å². The standard InChI is InChI=1S/C23H24FN9O2/c24-5-13-8-31(22(35)23(12-25)3-4-23)10-17(13)29-19-16(20(26)34)7-28-33-11-18(30-21(19)33)14-6-27-32(9-14)15-1-2-15/h6-7,9,11,13,15,17,29H,1-5,8,10H2,(H2,26,34)/t13-,17-/m1/s1. The molecule has 11 nitrogen and oxygen atoms in total. The molecule has 4 heterocycles. The second-order valence-corrected chi connectivity index (χ2v) is 9.70. The van der Waals surface area contributed by atoms with Crippen LogP contribution in [0.3, 0.4) is 0 Å². The third kappa shape index (κ3) is 3.58. The number of primary amides is 1. The van der Waals surface area contributed by atoms with Gasteiger partial charge in [-0.3, -0.25) is 18.7 Å². The van der Waals surface area contributed by atoms with Crippen molar-refractivity contribution in [1.82, 2.24) is 29.3 Å². The van der Waals surface area contributed by atoms with Gasteiger partial charge in [-0.25, -0.2) is 9.50 Å². The summed E-state index contributed by atoms with van der Waals surface area (Å²) >= 11 is 0. The zero-order valence-electron chi connectivity index (χ0n) is 18.9. The molecular formula is C23H24FN9O2. The number of nitrogens with one attached hydrogen (secondary N) is 1. The summed E-state index contributed by atoms with van der Waals surface area (Å²) in [5.41, 5.74) is 6.94. The van der Waals surface area contributed by atoms with Gasteiger partial charge < -0.3 is 16.0 Å². The lowest BCUT2D eigenvalue weighted by atomic mass is 10.0. The Morgan fingerprint density at radius 2 is 2.03 bits per heavy atom. The molecule has 2 atom stereocenters. The Balaban J connectivity index is 1.33. The van der Waals surface area contributed by atoms with Crippen molar-refractivity contribution in [3.8, 4) is 17.3 Å². The summed E-state index contributed by atoms with van der Waals surface area (Å²) in [5, 5.41) is 21.3. The summed E-state index contributed by atoms with van der Waals surface area (Å²) in [4.78, 5) is 31.3. The minimum atomic E-state index is -0.971. The third-order valence-electron chi connectivity index (χ3n) is 7.21. The van der Waals surface area contributed by atoms with E-state index in [1.54, 1.807) is 17.3 Å². The van der Waals surface area contributed by atoms with Crippen molar-refractivity contribution in [3.05, 3.63) is 30.4 Å². The molecule has 35 heavy (non-hydrogen) atoms. The summed E-state index contributed by atoms with van der Waals surface area (Å²) in [5.74, 6) is -1.46. The second-order valence-electron chi connectivity index (χ2n) is 9.70. The number of hydrogen-bond acceptors (Lipinski definition) is 7. The topological polar surface area (TPSA) is 147 Å². The van der Waals surface area contributed by atoms with Crippen molar-refractivity contribution in [1.29, 1.82) is 5.26 Å². The van der Waals surface area contributed by atoms with Crippen LogP contribution in [0.4, 0.5) is 10.1 Å². The minimum Gasteiger partial charge on any atom is -0.376 e. The zero-order valence-corrected chi connectivity index (χ0v) is 18.9. The predicted molar refractivity (Wildman–Crippen MR) is 122 cm³/mol. The number of halogens is 1. The van der Waals surface area contributed by atoms with Crippen LogP contribution in [0.15, 0.2) is 24.8 Å². The summed E-state index contributed by atoms with van der Waals surface area (Å²) in [6.07, 6.45) is 10.0. The van der Waals surface area contributed by atoms with E-state index in [4.69, 9.17) is 5.73 Å². The number of alkyl halides is 1. The van der Waals surface area contributed by atoms with Gasteiger partial charge in [-0.2, -0.15) is 15.5 Å². The van der Waals surface area contributed by atoms with Crippen LogP contribution in [-0.2, 0) is 4.79 Å². The highest BCUT2D eigenvalue weighted by atomic mass is 19.1. The first-order valence-electron chi connectivity index (χ1n) is 11.7. The van der Waals surface area contributed by atoms with Gasteiger partial charge >= 0.3 is 0 Å². The molecule has 1 aliphatic heterocycles. The molecule has 1 saturated heterocycles. The first-order chi connectivity index (χ1) is 16.9. The molecule has 3 fully saturated rings. The molecule has 0 radical (unpaired) electrons. The molecule has 3 aliphatic rings. The normalized spacial score (nSPS) is 22.8. The number of hydrogen-bond donors (Lipinski definition) is 2. The lowest BCUT2D eigenvalue weighted by Crippen LogP contribution is -2.36. The predicted octanol–water partition coefficient (Wildman–Crippen LogP) is 1.54. The van der Waals surface area contributed by atoms with Gasteiger partial charge in [0.2, 0.25) is 5.91 Å². The molecule has 2 amide bonds. The fraction of sp³-hybridized carbons (Fsp3) is 0.478. The molecule has 3 N–H and O–H groups in total. The summed E-state index contributed by atoms with van der Waals surface area (Å²) in [7, 11) is 0. The number of imidazole rings is 1. The van der Waals surface area contributed by atoms with Crippen LogP contribution in [-0.4, -0.2) is 66.9 Å². The van der Waals surface area contributed by atoms with Crippen molar-refractivity contribution in [2.45, 2.75) is 37.8 Å². The van der Waals surface area contributed by atoms with E-state index in [0.29, 0.717) is 35.9 Å². The van der Waals surface area contributed by atoms with E-state index >= 15 is 0 Å². The van der Waals surface area contributed by atoms with Crippen molar-refractivity contribution in [2.24, 2.45) is 17.1 Å². The van der Waals surface area contributed by atoms with Crippen LogP contribution >= 0.6 is 0 Å². The number of amides is 2. The zero-order chi connectivity index (χ0) is 24.3. The summed E-state index contributed by atoms with van der Waals surface area (Å²) in [6.45, 7) is -0.247. The maximum absolute atomic E-state index is 14.0. The summed E-state index contributed by atoms with van der Waals surface area (Å²) < 4.78 is 17.4. The number of likely N-dealkylation sites (tertiary alicyclic amines) is 1. The maximum Gasteiger partial charge on any atom is 0.252 e. The van der Waals surface area contributed by atoms with E-state index in [0.717, 1.165) is 18.4 Å². The van der Waals surface area contributed by atoms with Crippen molar-refractivity contribution in [2.75, 3.05) is 25.1 Å². The number of nitriles is 1. The largest absolute Gasteiger partial charge is 0.376 e. The van der Waals surface area contributed by atoms with Gasteiger partial charge in [-0.1, -0.05) is 0 Å². The fourth-order valence-electron chi connectivity index (χ4n) is 4.76. The molecule has 180 valence electrons. The number of nitrogens with two attached hydrogens (primary N) is 1. The maximum atomic E-state index is 14.0. The van der Waals surface area contributed by atoms with Crippen LogP contribution in [0.1, 0.15) is 42.1 Å². The molecular weight excluding hydrogens is 453 g/mol. The summed E-state index contributed by atoms with van der Waals surface area (Å²) in [6, 6.07) is 2.05. The van der Waals surface area contributed by atoms with E-state index in [-0.39, 0.29) is 24.6 Å². The van der Waals surface area contributed by atoms with Crippen LogP contribution in [0, 0.1) is 22.7 Å². The van der Waals surface area contributed by atoms with Crippen molar-refractivity contribution in [3.63, 3.8) is 0 Å². The lowest BCUT2D eigenvalue weighted by molar-refractivity contribution is -0.134. The molecule has 3 aromatic rings. The first-order valence-corrected chi connectivity index (χ1v) is 11.7. The lowest BCUT2D eigenvalue weighted by Gasteiger charge is -2.21. The van der Waals surface area contributed by atoms with Gasteiger partial charge in [0.25, 0.3) is 5.91 Å². The first kappa shape index (κ1) is 21.5. The van der Waals surface area contributed by atoms with Gasteiger partial charge in [0.15, 0.2) is 5.65 Å². The van der Waals surface area contributed by atoms with Crippen LogP contribution in [0.2, 0.25) is 0 Å². The Morgan fingerprint density at radius 1 is 1.23 bits per heavy atom. The molecule has 0 spiro atoms. The second kappa shape index (κ2) is 7.76. The van der Waals surface area contributed by atoms with E-state index in [2.05, 4.69) is 26.6 Å². The highest BCUT2D eigenvalue weighted by Crippen LogP contribution is 2.47. The minimum absolute atomic E-state index is 0.126. The quantitative estimate of drug-likeness (QED) is 0.524. The average Bonchev–Trinajstić information content (AvgIpc) is 3.71. The SMILES string of the molecule is N#CC1(C(=O)N2C[C@@H](CF)[C@H](Nc3c(C(N)=O)cnn4cc(-c5cnn(C6CC6)c5)nc34)C2)CC1. The van der Waals surface area contributed by atoms with E-state index in [9.17, 15) is 19.2 Å². The number of fused-ring (bicyclic) bond motifs is 1. The molecule has 0 bridgehead atoms. The number of carbonyl (C=O) groups is 2. The molecule has 0 aromatic carbocycles. The molecule has 2 aliphatic carbocycles.